The van der Waals surface area contributed by atoms with E-state index < -0.39 is 0 Å². The molecule has 1 saturated heterocycles. The van der Waals surface area contributed by atoms with Gasteiger partial charge < -0.3 is 10.2 Å². The molecule has 17 heavy (non-hydrogen) atoms. The van der Waals surface area contributed by atoms with Crippen LogP contribution in [0.4, 0.5) is 5.13 Å². The molecule has 2 heterocycles. The maximum absolute atomic E-state index is 4.59. The van der Waals surface area contributed by atoms with Crippen molar-refractivity contribution < 1.29 is 0 Å². The third-order valence-electron chi connectivity index (χ3n) is 3.20. The lowest BCUT2D eigenvalue weighted by Gasteiger charge is -2.23. The van der Waals surface area contributed by atoms with Crippen molar-refractivity contribution in [3.05, 3.63) is 5.82 Å². The van der Waals surface area contributed by atoms with Gasteiger partial charge in [0, 0.05) is 37.1 Å². The Balaban J connectivity index is 1.94. The first kappa shape index (κ1) is 12.8. The van der Waals surface area contributed by atoms with Gasteiger partial charge in [-0.25, -0.2) is 4.98 Å². The zero-order valence-electron chi connectivity index (χ0n) is 10.8. The second-order valence-corrected chi connectivity index (χ2v) is 5.27. The predicted octanol–water partition coefficient (Wildman–Crippen LogP) is 2.07. The summed E-state index contributed by atoms with van der Waals surface area (Å²) in [6.45, 7) is 7.64. The number of aromatic nitrogens is 2. The van der Waals surface area contributed by atoms with E-state index in [2.05, 4.69) is 33.4 Å². The Kier molecular flexibility index (Phi) is 4.74. The molecule has 1 aliphatic rings. The molecule has 1 N–H and O–H groups in total. The van der Waals surface area contributed by atoms with E-state index >= 15 is 0 Å². The fourth-order valence-electron chi connectivity index (χ4n) is 2.25. The molecule has 1 unspecified atom stereocenters. The normalized spacial score (nSPS) is 20.1. The molecule has 0 radical (unpaired) electrons. The van der Waals surface area contributed by atoms with E-state index in [0.29, 0.717) is 6.04 Å². The lowest BCUT2D eigenvalue weighted by Crippen LogP contribution is -2.38. The van der Waals surface area contributed by atoms with Crippen LogP contribution < -0.4 is 10.2 Å². The van der Waals surface area contributed by atoms with E-state index in [1.807, 2.05) is 0 Å². The summed E-state index contributed by atoms with van der Waals surface area (Å²) in [5.74, 6) is 0.983. The van der Waals surface area contributed by atoms with Crippen LogP contribution in [0.15, 0.2) is 0 Å². The molecule has 1 atom stereocenters. The zero-order valence-corrected chi connectivity index (χ0v) is 11.6. The Morgan fingerprint density at radius 1 is 1.47 bits per heavy atom. The summed E-state index contributed by atoms with van der Waals surface area (Å²) in [5.41, 5.74) is 0. The zero-order chi connectivity index (χ0) is 12.1. The number of anilines is 1. The van der Waals surface area contributed by atoms with Crippen LogP contribution in [0.25, 0.3) is 0 Å². The number of rotatable bonds is 6. The van der Waals surface area contributed by atoms with E-state index in [9.17, 15) is 0 Å². The maximum Gasteiger partial charge on any atom is 0.205 e. The molecule has 1 fully saturated rings. The summed E-state index contributed by atoms with van der Waals surface area (Å²) in [6.07, 6.45) is 4.69. The molecule has 1 aromatic heterocycles. The van der Waals surface area contributed by atoms with Crippen molar-refractivity contribution in [1.29, 1.82) is 0 Å². The Labute approximate surface area is 108 Å². The Hall–Kier alpha value is -0.680. The highest BCUT2D eigenvalue weighted by molar-refractivity contribution is 7.09. The number of nitrogens with one attached hydrogen (secondary N) is 1. The van der Waals surface area contributed by atoms with Gasteiger partial charge >= 0.3 is 0 Å². The summed E-state index contributed by atoms with van der Waals surface area (Å²) in [7, 11) is 0. The first-order valence-electron chi connectivity index (χ1n) is 6.65. The SMILES string of the molecule is CCCNCC1CCCN1c1nc(CC)ns1. The molecule has 1 aromatic rings. The second kappa shape index (κ2) is 6.31. The van der Waals surface area contributed by atoms with Crippen LogP contribution >= 0.6 is 11.5 Å². The van der Waals surface area contributed by atoms with E-state index in [-0.39, 0.29) is 0 Å². The first-order chi connectivity index (χ1) is 8.35. The largest absolute Gasteiger partial charge is 0.343 e. The van der Waals surface area contributed by atoms with Gasteiger partial charge in [-0.1, -0.05) is 13.8 Å². The number of hydrogen-bond acceptors (Lipinski definition) is 5. The summed E-state index contributed by atoms with van der Waals surface area (Å²) in [5, 5.41) is 4.63. The van der Waals surface area contributed by atoms with Crippen LogP contribution in [0, 0.1) is 0 Å². The molecule has 4 nitrogen and oxygen atoms in total. The van der Waals surface area contributed by atoms with Crippen molar-refractivity contribution in [2.75, 3.05) is 24.5 Å². The van der Waals surface area contributed by atoms with Crippen LogP contribution in [0.1, 0.15) is 38.9 Å². The summed E-state index contributed by atoms with van der Waals surface area (Å²) in [4.78, 5) is 7.02. The average molecular weight is 254 g/mol. The maximum atomic E-state index is 4.59. The molecule has 0 aliphatic carbocycles. The van der Waals surface area contributed by atoms with E-state index in [1.54, 1.807) is 11.5 Å². The van der Waals surface area contributed by atoms with Crippen molar-refractivity contribution >= 4 is 16.7 Å². The van der Waals surface area contributed by atoms with Crippen molar-refractivity contribution in [2.45, 2.75) is 45.6 Å². The molecule has 1 aliphatic heterocycles. The number of nitrogens with zero attached hydrogens (tertiary/aromatic N) is 3. The Bertz CT molecular complexity index is 339. The quantitative estimate of drug-likeness (QED) is 0.789. The Morgan fingerprint density at radius 2 is 2.35 bits per heavy atom. The first-order valence-corrected chi connectivity index (χ1v) is 7.42. The molecule has 0 amide bonds. The summed E-state index contributed by atoms with van der Waals surface area (Å²) in [6, 6.07) is 0.610. The van der Waals surface area contributed by atoms with Gasteiger partial charge in [0.05, 0.1) is 0 Å². The molecule has 0 spiro atoms. The minimum Gasteiger partial charge on any atom is -0.343 e. The van der Waals surface area contributed by atoms with Gasteiger partial charge in [0.1, 0.15) is 5.82 Å². The van der Waals surface area contributed by atoms with Gasteiger partial charge in [0.15, 0.2) is 0 Å². The lowest BCUT2D eigenvalue weighted by atomic mass is 10.2. The van der Waals surface area contributed by atoms with Crippen molar-refractivity contribution in [3.8, 4) is 0 Å². The van der Waals surface area contributed by atoms with Gasteiger partial charge in [-0.05, 0) is 25.8 Å². The summed E-state index contributed by atoms with van der Waals surface area (Å²) < 4.78 is 4.38. The minimum atomic E-state index is 0.610. The standard InChI is InChI=1S/C12H22N4S/c1-3-7-13-9-10-6-5-8-16(10)12-14-11(4-2)15-17-12/h10,13H,3-9H2,1-2H3. The van der Waals surface area contributed by atoms with Gasteiger partial charge in [-0.15, -0.1) is 0 Å². The van der Waals surface area contributed by atoms with E-state index in [0.717, 1.165) is 37.0 Å². The van der Waals surface area contributed by atoms with Gasteiger partial charge in [-0.3, -0.25) is 0 Å². The third kappa shape index (κ3) is 3.16. The monoisotopic (exact) mass is 254 g/mol. The van der Waals surface area contributed by atoms with E-state index in [4.69, 9.17) is 0 Å². The lowest BCUT2D eigenvalue weighted by molar-refractivity contribution is 0.570. The highest BCUT2D eigenvalue weighted by Crippen LogP contribution is 2.26. The van der Waals surface area contributed by atoms with Crippen molar-refractivity contribution in [1.82, 2.24) is 14.7 Å². The van der Waals surface area contributed by atoms with Crippen LogP contribution in [0.5, 0.6) is 0 Å². The second-order valence-electron chi connectivity index (χ2n) is 4.54. The van der Waals surface area contributed by atoms with E-state index in [1.165, 1.54) is 19.3 Å². The average Bonchev–Trinajstić information content (AvgIpc) is 2.96. The molecular formula is C12H22N4S. The van der Waals surface area contributed by atoms with Crippen LogP contribution in [0.2, 0.25) is 0 Å². The van der Waals surface area contributed by atoms with Crippen LogP contribution in [0.3, 0.4) is 0 Å². The molecule has 0 aromatic carbocycles. The van der Waals surface area contributed by atoms with Crippen molar-refractivity contribution in [3.63, 3.8) is 0 Å². The molecule has 96 valence electrons. The van der Waals surface area contributed by atoms with Gasteiger partial charge in [-0.2, -0.15) is 4.37 Å². The molecule has 0 bridgehead atoms. The molecule has 5 heteroatoms. The molecule has 0 saturated carbocycles. The third-order valence-corrected chi connectivity index (χ3v) is 3.99. The fraction of sp³-hybridized carbons (Fsp3) is 0.833. The van der Waals surface area contributed by atoms with Crippen LogP contribution in [-0.2, 0) is 6.42 Å². The number of aryl methyl sites for hydroxylation is 1. The highest BCUT2D eigenvalue weighted by Gasteiger charge is 2.26. The van der Waals surface area contributed by atoms with Crippen molar-refractivity contribution in [2.24, 2.45) is 0 Å². The predicted molar refractivity (Wildman–Crippen MR) is 72.8 cm³/mol. The topological polar surface area (TPSA) is 41.0 Å². The summed E-state index contributed by atoms with van der Waals surface area (Å²) >= 11 is 1.55. The van der Waals surface area contributed by atoms with Gasteiger partial charge in [0.2, 0.25) is 5.13 Å². The Morgan fingerprint density at radius 3 is 3.06 bits per heavy atom. The number of hydrogen-bond donors (Lipinski definition) is 1. The van der Waals surface area contributed by atoms with Crippen LogP contribution in [-0.4, -0.2) is 35.0 Å². The minimum absolute atomic E-state index is 0.610. The molecular weight excluding hydrogens is 232 g/mol. The van der Waals surface area contributed by atoms with Gasteiger partial charge in [0.25, 0.3) is 0 Å². The smallest absolute Gasteiger partial charge is 0.205 e. The fourth-order valence-corrected chi connectivity index (χ4v) is 3.10. The highest BCUT2D eigenvalue weighted by atomic mass is 32.1. The molecule has 2 rings (SSSR count).